The number of aromatic nitrogens is 1. The molecule has 1 aromatic carbocycles. The molecule has 0 N–H and O–H groups in total. The van der Waals surface area contributed by atoms with E-state index in [9.17, 15) is 17.3 Å². The Morgan fingerprint density at radius 3 is 2.29 bits per heavy atom. The van der Waals surface area contributed by atoms with Gasteiger partial charge >= 0.3 is 12.9 Å². The number of hydrogen-bond acceptors (Lipinski definition) is 2. The topological polar surface area (TPSA) is 41.0 Å². The lowest BCUT2D eigenvalue weighted by atomic mass is 10.2. The first-order chi connectivity index (χ1) is 7.90. The van der Waals surface area contributed by atoms with Crippen molar-refractivity contribution < 1.29 is 17.3 Å². The van der Waals surface area contributed by atoms with Crippen molar-refractivity contribution in [1.29, 1.82) is 5.39 Å². The van der Waals surface area contributed by atoms with E-state index in [2.05, 4.69) is 9.96 Å². The molecule has 8 heteroatoms. The Morgan fingerprint density at radius 1 is 1.06 bits per heavy atom. The zero-order valence-electron chi connectivity index (χ0n) is 8.39. The maximum Gasteiger partial charge on any atom is 0.673 e. The fourth-order valence-electron chi connectivity index (χ4n) is 1.13. The maximum absolute atomic E-state index is 9.75. The molecule has 3 nitrogen and oxygen atoms in total. The quantitative estimate of drug-likeness (QED) is 0.398. The third-order valence-electron chi connectivity index (χ3n) is 1.74. The summed E-state index contributed by atoms with van der Waals surface area (Å²) >= 11 is 0. The van der Waals surface area contributed by atoms with Crippen LogP contribution >= 0.6 is 0 Å². The number of hydrogen-bond donors (Lipinski definition) is 0. The van der Waals surface area contributed by atoms with Crippen molar-refractivity contribution in [3.05, 3.63) is 41.6 Å². The van der Waals surface area contributed by atoms with Crippen LogP contribution in [0.4, 0.5) is 23.0 Å². The molecule has 1 heterocycles. The predicted molar refractivity (Wildman–Crippen MR) is 56.7 cm³/mol. The van der Waals surface area contributed by atoms with Crippen LogP contribution in [0.2, 0.25) is 0 Å². The second kappa shape index (κ2) is 5.25. The first kappa shape index (κ1) is 12.9. The minimum Gasteiger partial charge on any atom is -0.418 e. The Kier molecular flexibility index (Phi) is 3.98. The highest BCUT2D eigenvalue weighted by molar-refractivity contribution is 6.50. The van der Waals surface area contributed by atoms with Crippen molar-refractivity contribution >= 4 is 23.7 Å². The molecular weight excluding hydrogens is 237 g/mol. The summed E-state index contributed by atoms with van der Waals surface area (Å²) in [5, 5.41) is 10.6. The van der Waals surface area contributed by atoms with Gasteiger partial charge in [0.05, 0.1) is 0 Å². The number of fused-ring (bicyclic) bond motifs is 1. The van der Waals surface area contributed by atoms with Gasteiger partial charge in [-0.1, -0.05) is 0 Å². The Hall–Kier alpha value is -2.17. The molecule has 0 bridgehead atoms. The van der Waals surface area contributed by atoms with Gasteiger partial charge in [-0.2, -0.15) is 0 Å². The van der Waals surface area contributed by atoms with Crippen molar-refractivity contribution in [1.82, 2.24) is 4.98 Å². The molecule has 0 aliphatic heterocycles. The van der Waals surface area contributed by atoms with Gasteiger partial charge in [0.2, 0.25) is 5.39 Å². The highest BCUT2D eigenvalue weighted by Gasteiger charge is 2.20. The molecule has 88 valence electrons. The summed E-state index contributed by atoms with van der Waals surface area (Å²) in [4.78, 5) is 7.06. The number of pyridine rings is 1. The molecule has 0 saturated carbocycles. The molecule has 0 fully saturated rings. The first-order valence-corrected chi connectivity index (χ1v) is 4.46. The van der Waals surface area contributed by atoms with Gasteiger partial charge < -0.3 is 17.3 Å². The first-order valence-electron chi connectivity index (χ1n) is 4.46. The van der Waals surface area contributed by atoms with Crippen molar-refractivity contribution in [2.75, 3.05) is 0 Å². The Labute approximate surface area is 93.8 Å². The summed E-state index contributed by atoms with van der Waals surface area (Å²) in [5.41, 5.74) is 0.551. The molecule has 0 radical (unpaired) electrons. The molecule has 2 aromatic rings. The Bertz CT molecular complexity index is 544. The minimum absolute atomic E-state index is 0.551. The van der Waals surface area contributed by atoms with Crippen LogP contribution in [0, 0.1) is 5.39 Å². The molecule has 2 rings (SSSR count). The largest absolute Gasteiger partial charge is 0.673 e. The standard InChI is InChI=1S/C9H6N3.BF4/c10-12-9-2-1-7-3-4-11-6-8(7)5-9;2-1(3,4)5/h1-6H;/q+1;-1. The van der Waals surface area contributed by atoms with Gasteiger partial charge in [0.25, 0.3) is 0 Å². The van der Waals surface area contributed by atoms with E-state index in [1.165, 1.54) is 0 Å². The zero-order valence-corrected chi connectivity index (χ0v) is 8.39. The fourth-order valence-corrected chi connectivity index (χ4v) is 1.13. The SMILES string of the molecule is F[B-](F)(F)F.N#[N+]c1ccc2ccncc2c1. The molecule has 0 unspecified atom stereocenters. The van der Waals surface area contributed by atoms with Crippen LogP contribution in [0.5, 0.6) is 0 Å². The summed E-state index contributed by atoms with van der Waals surface area (Å²) in [6, 6.07) is 7.34. The third-order valence-corrected chi connectivity index (χ3v) is 1.74. The van der Waals surface area contributed by atoms with E-state index in [-0.39, 0.29) is 0 Å². The average molecular weight is 243 g/mol. The lowest BCUT2D eigenvalue weighted by Gasteiger charge is -1.94. The minimum atomic E-state index is -6.00. The number of nitrogens with zero attached hydrogens (tertiary/aromatic N) is 3. The summed E-state index contributed by atoms with van der Waals surface area (Å²) in [6.45, 7) is 0. The Balaban J connectivity index is 0.000000249. The van der Waals surface area contributed by atoms with Crippen LogP contribution in [0.1, 0.15) is 0 Å². The smallest absolute Gasteiger partial charge is 0.418 e. The molecule has 0 saturated heterocycles. The van der Waals surface area contributed by atoms with Crippen molar-refractivity contribution in [2.45, 2.75) is 0 Å². The highest BCUT2D eigenvalue weighted by atomic mass is 19.5. The summed E-state index contributed by atoms with van der Waals surface area (Å²) in [5.74, 6) is 0. The number of halogens is 4. The van der Waals surface area contributed by atoms with Crippen molar-refractivity contribution in [3.63, 3.8) is 0 Å². The van der Waals surface area contributed by atoms with Gasteiger partial charge in [0.15, 0.2) is 4.98 Å². The molecule has 0 aliphatic rings. The molecule has 0 amide bonds. The van der Waals surface area contributed by atoms with Gasteiger partial charge in [-0.25, -0.2) is 0 Å². The van der Waals surface area contributed by atoms with Gasteiger partial charge in [0, 0.05) is 29.9 Å². The molecule has 17 heavy (non-hydrogen) atoms. The van der Waals surface area contributed by atoms with Crippen molar-refractivity contribution in [3.8, 4) is 0 Å². The predicted octanol–water partition coefficient (Wildman–Crippen LogP) is 4.02. The Morgan fingerprint density at radius 2 is 1.71 bits per heavy atom. The van der Waals surface area contributed by atoms with Crippen LogP contribution < -0.4 is 0 Å². The van der Waals surface area contributed by atoms with Crippen LogP contribution in [0.15, 0.2) is 36.7 Å². The monoisotopic (exact) mass is 243 g/mol. The van der Waals surface area contributed by atoms with Gasteiger partial charge in [-0.05, 0) is 17.5 Å². The molecular formula is C9H6BF4N3. The fraction of sp³-hybridized carbons (Fsp3) is 0. The van der Waals surface area contributed by atoms with Crippen LogP contribution in [0.3, 0.4) is 0 Å². The van der Waals surface area contributed by atoms with E-state index in [1.807, 2.05) is 12.1 Å². The normalized spacial score (nSPS) is 10.3. The van der Waals surface area contributed by atoms with Crippen LogP contribution in [0.25, 0.3) is 15.7 Å². The van der Waals surface area contributed by atoms with E-state index in [1.54, 1.807) is 24.5 Å². The zero-order chi connectivity index (χ0) is 12.9. The van der Waals surface area contributed by atoms with Gasteiger partial charge in [-0.15, -0.1) is 0 Å². The van der Waals surface area contributed by atoms with Crippen LogP contribution in [-0.2, 0) is 0 Å². The molecule has 0 aliphatic carbocycles. The highest BCUT2D eigenvalue weighted by Crippen LogP contribution is 2.19. The second-order valence-electron chi connectivity index (χ2n) is 3.00. The molecule has 0 spiro atoms. The van der Waals surface area contributed by atoms with E-state index in [0.717, 1.165) is 10.8 Å². The lowest BCUT2D eigenvalue weighted by molar-refractivity contribution is 0.368. The van der Waals surface area contributed by atoms with E-state index in [4.69, 9.17) is 5.39 Å². The van der Waals surface area contributed by atoms with Crippen LogP contribution in [-0.4, -0.2) is 12.2 Å². The maximum atomic E-state index is 9.75. The number of diazo groups is 1. The summed E-state index contributed by atoms with van der Waals surface area (Å²) in [6.07, 6.45) is 3.47. The van der Waals surface area contributed by atoms with Gasteiger partial charge in [-0.3, -0.25) is 4.98 Å². The van der Waals surface area contributed by atoms with Gasteiger partial charge in [0.1, 0.15) is 0 Å². The van der Waals surface area contributed by atoms with E-state index >= 15 is 0 Å². The summed E-state index contributed by atoms with van der Waals surface area (Å²) < 4.78 is 39.0. The summed E-state index contributed by atoms with van der Waals surface area (Å²) in [7, 11) is -6.00. The second-order valence-corrected chi connectivity index (χ2v) is 3.00. The number of rotatable bonds is 0. The third kappa shape index (κ3) is 4.93. The molecule has 1 aromatic heterocycles. The number of benzene rings is 1. The van der Waals surface area contributed by atoms with E-state index < -0.39 is 7.25 Å². The molecule has 0 atom stereocenters. The van der Waals surface area contributed by atoms with E-state index in [0.29, 0.717) is 5.69 Å². The lowest BCUT2D eigenvalue weighted by Crippen LogP contribution is -2.02. The van der Waals surface area contributed by atoms with Crippen molar-refractivity contribution in [2.24, 2.45) is 0 Å². The average Bonchev–Trinajstić information content (AvgIpc) is 2.26.